The highest BCUT2D eigenvalue weighted by Gasteiger charge is 2.03. The Morgan fingerprint density at radius 3 is 2.14 bits per heavy atom. The van der Waals surface area contributed by atoms with E-state index in [1.807, 2.05) is 20.2 Å². The first kappa shape index (κ1) is 11.7. The number of hydrogen-bond donors (Lipinski definition) is 2. The maximum absolute atomic E-state index is 5.40. The fourth-order valence-electron chi connectivity index (χ4n) is 0.819. The predicted molar refractivity (Wildman–Crippen MR) is 67.9 cm³/mol. The molecule has 14 heavy (non-hydrogen) atoms. The molecule has 0 unspecified atom stereocenters. The van der Waals surface area contributed by atoms with Crippen molar-refractivity contribution in [2.45, 2.75) is 9.79 Å². The van der Waals surface area contributed by atoms with Crippen molar-refractivity contribution >= 4 is 42.7 Å². The van der Waals surface area contributed by atoms with Gasteiger partial charge in [0, 0.05) is 23.9 Å². The minimum atomic E-state index is 0.414. The maximum Gasteiger partial charge on any atom is 0.264 e. The van der Waals surface area contributed by atoms with Crippen LogP contribution in [0.4, 0.5) is 0 Å². The minimum Gasteiger partial charge on any atom is -0.432 e. The number of thiocarbonyl (C=S) groups is 1. The fraction of sp³-hybridized carbons (Fsp3) is 0.222. The Labute approximate surface area is 100 Å². The number of nitrogens with zero attached hydrogens (tertiary/aromatic N) is 1. The van der Waals surface area contributed by atoms with Gasteiger partial charge in [-0.2, -0.15) is 0 Å². The largest absolute Gasteiger partial charge is 0.432 e. The van der Waals surface area contributed by atoms with E-state index < -0.39 is 0 Å². The lowest BCUT2D eigenvalue weighted by Crippen LogP contribution is -2.24. The highest BCUT2D eigenvalue weighted by atomic mass is 32.1. The van der Waals surface area contributed by atoms with Gasteiger partial charge in [0.2, 0.25) is 0 Å². The SMILES string of the molecule is CN(C)C(=S)Oc1cc(S)cc(S)c1. The van der Waals surface area contributed by atoms with Crippen molar-refractivity contribution < 1.29 is 4.74 Å². The van der Waals surface area contributed by atoms with E-state index in [2.05, 4.69) is 25.3 Å². The summed E-state index contributed by atoms with van der Waals surface area (Å²) >= 11 is 13.4. The number of benzene rings is 1. The zero-order valence-corrected chi connectivity index (χ0v) is 10.5. The van der Waals surface area contributed by atoms with Gasteiger partial charge in [0.1, 0.15) is 5.75 Å². The molecule has 1 aromatic carbocycles. The summed E-state index contributed by atoms with van der Waals surface area (Å²) in [6, 6.07) is 5.41. The number of rotatable bonds is 1. The number of thiol groups is 2. The molecule has 2 nitrogen and oxygen atoms in total. The van der Waals surface area contributed by atoms with E-state index in [0.717, 1.165) is 9.79 Å². The molecule has 5 heteroatoms. The molecule has 0 fully saturated rings. The molecule has 0 atom stereocenters. The zero-order valence-electron chi connectivity index (χ0n) is 7.89. The van der Waals surface area contributed by atoms with E-state index in [1.54, 1.807) is 17.0 Å². The summed E-state index contributed by atoms with van der Waals surface area (Å²) in [6.07, 6.45) is 0. The normalized spacial score (nSPS) is 9.71. The molecular weight excluding hydrogens is 234 g/mol. The number of ether oxygens (including phenoxy) is 1. The predicted octanol–water partition coefficient (Wildman–Crippen LogP) is 2.49. The van der Waals surface area contributed by atoms with E-state index in [-0.39, 0.29) is 0 Å². The van der Waals surface area contributed by atoms with Crippen LogP contribution in [0.3, 0.4) is 0 Å². The maximum atomic E-state index is 5.40. The van der Waals surface area contributed by atoms with Crippen molar-refractivity contribution in [2.75, 3.05) is 14.1 Å². The van der Waals surface area contributed by atoms with Crippen LogP contribution in [0.5, 0.6) is 5.75 Å². The van der Waals surface area contributed by atoms with Gasteiger partial charge >= 0.3 is 0 Å². The molecule has 1 rings (SSSR count). The van der Waals surface area contributed by atoms with Crippen LogP contribution in [0.15, 0.2) is 28.0 Å². The topological polar surface area (TPSA) is 12.5 Å². The van der Waals surface area contributed by atoms with Gasteiger partial charge in [0.25, 0.3) is 5.17 Å². The second-order valence-electron chi connectivity index (χ2n) is 2.95. The summed E-state index contributed by atoms with van der Waals surface area (Å²) in [4.78, 5) is 3.32. The van der Waals surface area contributed by atoms with Gasteiger partial charge in [0.05, 0.1) is 0 Å². The molecule has 0 amide bonds. The zero-order chi connectivity index (χ0) is 10.7. The lowest BCUT2D eigenvalue weighted by Gasteiger charge is -2.14. The van der Waals surface area contributed by atoms with Crippen molar-refractivity contribution in [3.8, 4) is 5.75 Å². The lowest BCUT2D eigenvalue weighted by atomic mass is 10.3. The van der Waals surface area contributed by atoms with Crippen molar-refractivity contribution in [1.29, 1.82) is 0 Å². The average Bonchev–Trinajstić information content (AvgIpc) is 2.01. The van der Waals surface area contributed by atoms with Gasteiger partial charge in [-0.05, 0) is 30.4 Å². The second kappa shape index (κ2) is 4.91. The molecule has 0 spiro atoms. The van der Waals surface area contributed by atoms with E-state index in [4.69, 9.17) is 17.0 Å². The second-order valence-corrected chi connectivity index (χ2v) is 4.33. The Bertz CT molecular complexity index is 332. The third-order valence-electron chi connectivity index (χ3n) is 1.45. The Hall–Kier alpha value is -0.390. The third-order valence-corrected chi connectivity index (χ3v) is 2.41. The summed E-state index contributed by atoms with van der Waals surface area (Å²) in [5.41, 5.74) is 0. The quantitative estimate of drug-likeness (QED) is 0.583. The summed E-state index contributed by atoms with van der Waals surface area (Å²) < 4.78 is 5.40. The third kappa shape index (κ3) is 3.40. The molecule has 0 aromatic heterocycles. The highest BCUT2D eigenvalue weighted by molar-refractivity contribution is 7.81. The summed E-state index contributed by atoms with van der Waals surface area (Å²) in [5, 5.41) is 0.414. The first-order chi connectivity index (χ1) is 6.49. The van der Waals surface area contributed by atoms with E-state index in [1.165, 1.54) is 0 Å². The molecule has 0 aliphatic carbocycles. The molecule has 0 bridgehead atoms. The highest BCUT2D eigenvalue weighted by Crippen LogP contribution is 2.22. The van der Waals surface area contributed by atoms with Crippen LogP contribution in [0, 0.1) is 0 Å². The molecular formula is C9H11NOS3. The lowest BCUT2D eigenvalue weighted by molar-refractivity contribution is 0.448. The molecule has 0 saturated carbocycles. The molecule has 76 valence electrons. The van der Waals surface area contributed by atoms with Gasteiger partial charge in [-0.3, -0.25) is 0 Å². The van der Waals surface area contributed by atoms with Crippen molar-refractivity contribution in [3.63, 3.8) is 0 Å². The smallest absolute Gasteiger partial charge is 0.264 e. The van der Waals surface area contributed by atoms with Crippen molar-refractivity contribution in [1.82, 2.24) is 4.90 Å². The van der Waals surface area contributed by atoms with Crippen LogP contribution >= 0.6 is 37.5 Å². The molecule has 0 aliphatic heterocycles. The Morgan fingerprint density at radius 1 is 1.21 bits per heavy atom. The van der Waals surface area contributed by atoms with E-state index in [0.29, 0.717) is 10.9 Å². The van der Waals surface area contributed by atoms with Gasteiger partial charge in [-0.1, -0.05) is 0 Å². The van der Waals surface area contributed by atoms with E-state index >= 15 is 0 Å². The standard InChI is InChI=1S/C9H11NOS3/c1-10(2)9(14)11-6-3-7(12)5-8(13)4-6/h3-5,12-13H,1-2H3. The Balaban J connectivity index is 2.82. The molecule has 0 radical (unpaired) electrons. The fourth-order valence-corrected chi connectivity index (χ4v) is 1.55. The van der Waals surface area contributed by atoms with Crippen molar-refractivity contribution in [2.24, 2.45) is 0 Å². The first-order valence-electron chi connectivity index (χ1n) is 3.91. The molecule has 0 N–H and O–H groups in total. The van der Waals surface area contributed by atoms with Crippen LogP contribution in [-0.4, -0.2) is 24.2 Å². The van der Waals surface area contributed by atoms with Gasteiger partial charge < -0.3 is 9.64 Å². The summed E-state index contributed by atoms with van der Waals surface area (Å²) in [7, 11) is 3.66. The van der Waals surface area contributed by atoms with Crippen LogP contribution in [0.25, 0.3) is 0 Å². The van der Waals surface area contributed by atoms with Crippen LogP contribution in [0.1, 0.15) is 0 Å². The summed E-state index contributed by atoms with van der Waals surface area (Å²) in [6.45, 7) is 0. The molecule has 0 saturated heterocycles. The number of hydrogen-bond acceptors (Lipinski definition) is 4. The van der Waals surface area contributed by atoms with Gasteiger partial charge in [-0.15, -0.1) is 25.3 Å². The van der Waals surface area contributed by atoms with Crippen molar-refractivity contribution in [3.05, 3.63) is 18.2 Å². The van der Waals surface area contributed by atoms with Crippen LogP contribution in [-0.2, 0) is 0 Å². The molecule has 0 aliphatic rings. The minimum absolute atomic E-state index is 0.414. The van der Waals surface area contributed by atoms with E-state index in [9.17, 15) is 0 Å². The molecule has 1 aromatic rings. The first-order valence-corrected chi connectivity index (χ1v) is 5.21. The van der Waals surface area contributed by atoms with Crippen LogP contribution in [0.2, 0.25) is 0 Å². The molecule has 0 heterocycles. The van der Waals surface area contributed by atoms with Crippen LogP contribution < -0.4 is 4.74 Å². The summed E-state index contributed by atoms with van der Waals surface area (Å²) in [5.74, 6) is 0.654. The Kier molecular flexibility index (Phi) is 4.10. The average molecular weight is 245 g/mol. The Morgan fingerprint density at radius 2 is 1.71 bits per heavy atom. The monoisotopic (exact) mass is 245 g/mol. The van der Waals surface area contributed by atoms with Gasteiger partial charge in [-0.25, -0.2) is 0 Å². The van der Waals surface area contributed by atoms with Gasteiger partial charge in [0.15, 0.2) is 0 Å².